The van der Waals surface area contributed by atoms with E-state index in [1.165, 1.54) is 4.70 Å². The maximum absolute atomic E-state index is 15.4. The fourth-order valence-electron chi connectivity index (χ4n) is 6.52. The van der Waals surface area contributed by atoms with E-state index in [1.807, 2.05) is 42.8 Å². The Morgan fingerprint density at radius 2 is 0.710 bits per heavy atom. The smallest absolute Gasteiger partial charge is 0.207 e. The van der Waals surface area contributed by atoms with E-state index >= 15 is 35.1 Å². The Morgan fingerprint density at radius 1 is 0.452 bits per heavy atom. The zero-order valence-corrected chi connectivity index (χ0v) is 30.3. The van der Waals surface area contributed by atoms with Gasteiger partial charge in [-0.15, -0.1) is 21.9 Å². The molecule has 0 aliphatic rings. The van der Waals surface area contributed by atoms with Crippen molar-refractivity contribution >= 4 is 49.6 Å². The number of rotatable bonds is 6. The Bertz CT molecular complexity index is 2590. The van der Waals surface area contributed by atoms with E-state index in [2.05, 4.69) is 10.6 Å². The minimum Gasteiger partial charge on any atom is -0.207 e. The largest absolute Gasteiger partial charge is 0.226 e. The quantitative estimate of drug-likeness (QED) is 0.0422. The Balaban J connectivity index is 0.000000355. The van der Waals surface area contributed by atoms with Crippen LogP contribution in [0.5, 0.6) is 0 Å². The first-order valence-electron chi connectivity index (χ1n) is 16.1. The molecule has 1 heterocycles. The lowest BCUT2D eigenvalue weighted by atomic mass is 9.12. The zero-order chi connectivity index (χ0) is 46.6. The molecular formula is C37H10BF20N3S. The topological polar surface area (TPSA) is 51.5 Å². The summed E-state index contributed by atoms with van der Waals surface area (Å²) in [6, 6.07) is 11.9. The Morgan fingerprint density at radius 3 is 0.984 bits per heavy atom. The number of benzene rings is 5. The predicted octanol–water partition coefficient (Wildman–Crippen LogP) is 8.40. The van der Waals surface area contributed by atoms with Gasteiger partial charge in [-0.05, 0) is 13.0 Å². The average Bonchev–Trinajstić information content (AvgIpc) is 3.66. The van der Waals surface area contributed by atoms with Gasteiger partial charge in [-0.3, -0.25) is 0 Å². The standard InChI is InChI=1S/C24BF20.C13H10N3S/c26-5-1(6(27)14(35)21(42)13(5)34)25(2-7(28)15(36)22(43)16(37)8(2)29,3-9(30)17(38)23(44)18(39)10(3)31)4-11(32)19(40)24(45)20(41)12(4)33;1-10(11(6-14)7-15)8-16-9-17-13-5-3-2-4-12(13)16/h;2-5,9H,8H2,1H3/q-1;+1. The molecule has 0 bridgehead atoms. The van der Waals surface area contributed by atoms with Gasteiger partial charge in [0.05, 0.1) is 0 Å². The third-order valence-electron chi connectivity index (χ3n) is 9.25. The van der Waals surface area contributed by atoms with Gasteiger partial charge in [0.25, 0.3) is 0 Å². The zero-order valence-electron chi connectivity index (χ0n) is 29.5. The van der Waals surface area contributed by atoms with Gasteiger partial charge in [-0.2, -0.15) is 15.1 Å². The summed E-state index contributed by atoms with van der Waals surface area (Å²) >= 11 is 1.66. The maximum Gasteiger partial charge on any atom is 0.226 e. The predicted molar refractivity (Wildman–Crippen MR) is 175 cm³/mol. The number of fused-ring (bicyclic) bond motifs is 1. The maximum atomic E-state index is 15.4. The van der Waals surface area contributed by atoms with Crippen molar-refractivity contribution in [2.75, 3.05) is 0 Å². The Kier molecular flexibility index (Phi) is 12.8. The monoisotopic (exact) mass is 919 g/mol. The van der Waals surface area contributed by atoms with E-state index in [9.17, 15) is 52.7 Å². The highest BCUT2D eigenvalue weighted by molar-refractivity contribution is 7.20. The van der Waals surface area contributed by atoms with E-state index in [0.29, 0.717) is 6.54 Å². The third-order valence-corrected chi connectivity index (χ3v) is 10.2. The fraction of sp³-hybridized carbons (Fsp3) is 0.0541. The van der Waals surface area contributed by atoms with Crippen LogP contribution in [0.2, 0.25) is 0 Å². The van der Waals surface area contributed by atoms with Crippen LogP contribution in [0.1, 0.15) is 6.92 Å². The van der Waals surface area contributed by atoms with Crippen molar-refractivity contribution in [2.45, 2.75) is 13.5 Å². The Labute approximate surface area is 335 Å². The summed E-state index contributed by atoms with van der Waals surface area (Å²) in [7, 11) is 0. The van der Waals surface area contributed by atoms with Crippen LogP contribution in [0, 0.1) is 139 Å². The van der Waals surface area contributed by atoms with E-state index in [0.717, 1.165) is 11.1 Å². The molecule has 1 aromatic heterocycles. The minimum atomic E-state index is -7.22. The lowest BCUT2D eigenvalue weighted by Gasteiger charge is -2.44. The second kappa shape index (κ2) is 17.0. The number of aromatic nitrogens is 1. The molecule has 6 aromatic rings. The number of hydrogen-bond acceptors (Lipinski definition) is 3. The summed E-state index contributed by atoms with van der Waals surface area (Å²) < 4.78 is 297. The van der Waals surface area contributed by atoms with Gasteiger partial charge in [0.1, 0.15) is 75.1 Å². The molecule has 0 radical (unpaired) electrons. The van der Waals surface area contributed by atoms with Crippen molar-refractivity contribution in [3.63, 3.8) is 0 Å². The first kappa shape index (κ1) is 46.4. The van der Waals surface area contributed by atoms with Gasteiger partial charge in [-0.1, -0.05) is 23.5 Å². The van der Waals surface area contributed by atoms with Crippen molar-refractivity contribution in [3.8, 4) is 12.1 Å². The molecular weight excluding hydrogens is 909 g/mol. The molecule has 0 spiro atoms. The van der Waals surface area contributed by atoms with Crippen molar-refractivity contribution in [1.29, 1.82) is 10.5 Å². The van der Waals surface area contributed by atoms with Crippen molar-refractivity contribution in [3.05, 3.63) is 157 Å². The summed E-state index contributed by atoms with van der Waals surface area (Å²) in [5.41, 5.74) is -10.2. The molecule has 0 fully saturated rings. The number of nitrogens with zero attached hydrogens (tertiary/aromatic N) is 3. The molecule has 62 heavy (non-hydrogen) atoms. The van der Waals surface area contributed by atoms with Crippen molar-refractivity contribution in [1.82, 2.24) is 0 Å². The first-order chi connectivity index (χ1) is 29.0. The van der Waals surface area contributed by atoms with Crippen LogP contribution in [0.3, 0.4) is 0 Å². The number of nitriles is 2. The van der Waals surface area contributed by atoms with Crippen molar-refractivity contribution < 1.29 is 92.4 Å². The van der Waals surface area contributed by atoms with Gasteiger partial charge in [0.15, 0.2) is 76.4 Å². The third kappa shape index (κ3) is 6.93. The summed E-state index contributed by atoms with van der Waals surface area (Å²) in [5, 5.41) is 17.6. The highest BCUT2D eigenvalue weighted by Crippen LogP contribution is 2.31. The summed E-state index contributed by atoms with van der Waals surface area (Å²) in [6.45, 7) is 2.40. The molecule has 322 valence electrons. The van der Waals surface area contributed by atoms with Crippen LogP contribution in [-0.2, 0) is 6.54 Å². The lowest BCUT2D eigenvalue weighted by Crippen LogP contribution is -2.81. The summed E-state index contributed by atoms with van der Waals surface area (Å²) in [5.74, 6) is -71.4. The molecule has 5 aromatic carbocycles. The SMILES string of the molecule is CC(C[n+]1csc2ccccc21)=C(C#N)C#N.Fc1c(F)c(F)c([B-](c2c(F)c(F)c(F)c(F)c2F)(c2c(F)c(F)c(F)c(F)c2F)c2c(F)c(F)c(F)c(F)c2F)c(F)c1F. The summed E-state index contributed by atoms with van der Waals surface area (Å²) in [6.07, 6.45) is -7.22. The lowest BCUT2D eigenvalue weighted by molar-refractivity contribution is -0.658. The number of hydrogen-bond donors (Lipinski definition) is 0. The molecule has 0 saturated carbocycles. The van der Waals surface area contributed by atoms with E-state index in [1.54, 1.807) is 11.3 Å². The molecule has 0 saturated heterocycles. The van der Waals surface area contributed by atoms with Gasteiger partial charge in [0.2, 0.25) is 11.0 Å². The van der Waals surface area contributed by atoms with E-state index in [4.69, 9.17) is 10.5 Å². The number of allylic oxidation sites excluding steroid dienone is 2. The highest BCUT2D eigenvalue weighted by atomic mass is 32.1. The second-order valence-electron chi connectivity index (χ2n) is 12.5. The number of thiazole rings is 1. The van der Waals surface area contributed by atoms with Gasteiger partial charge in [0, 0.05) is 11.6 Å². The number of para-hydroxylation sites is 1. The highest BCUT2D eigenvalue weighted by Gasteiger charge is 2.52. The van der Waals surface area contributed by atoms with Crippen LogP contribution < -0.4 is 26.4 Å². The normalized spacial score (nSPS) is 11.3. The van der Waals surface area contributed by atoms with Crippen molar-refractivity contribution in [2.24, 2.45) is 0 Å². The molecule has 0 aliphatic carbocycles. The summed E-state index contributed by atoms with van der Waals surface area (Å²) in [4.78, 5) is 0. The van der Waals surface area contributed by atoms with Gasteiger partial charge >= 0.3 is 0 Å². The molecule has 0 atom stereocenters. The molecule has 0 unspecified atom stereocenters. The molecule has 25 heteroatoms. The van der Waals surface area contributed by atoms with Crippen LogP contribution in [-0.4, -0.2) is 6.15 Å². The first-order valence-corrected chi connectivity index (χ1v) is 16.9. The molecule has 0 N–H and O–H groups in total. The number of halogens is 20. The van der Waals surface area contributed by atoms with E-state index < -0.39 is 144 Å². The van der Waals surface area contributed by atoms with Gasteiger partial charge in [-0.25, -0.2) is 87.8 Å². The Hall–Kier alpha value is -6.63. The molecule has 3 nitrogen and oxygen atoms in total. The van der Waals surface area contributed by atoms with Crippen LogP contribution in [0.4, 0.5) is 87.8 Å². The van der Waals surface area contributed by atoms with Crippen LogP contribution >= 0.6 is 11.3 Å². The molecule has 0 aliphatic heterocycles. The van der Waals surface area contributed by atoms with Crippen LogP contribution in [0.25, 0.3) is 10.2 Å². The van der Waals surface area contributed by atoms with Gasteiger partial charge < -0.3 is 0 Å². The molecule has 6 rings (SSSR count). The molecule has 0 amide bonds. The average molecular weight is 919 g/mol. The fourth-order valence-corrected chi connectivity index (χ4v) is 7.41. The second-order valence-corrected chi connectivity index (χ2v) is 13.4. The van der Waals surface area contributed by atoms with E-state index in [-0.39, 0.29) is 5.57 Å². The minimum absolute atomic E-state index is 0.202. The van der Waals surface area contributed by atoms with Crippen LogP contribution in [0.15, 0.2) is 40.9 Å².